The minimum Gasteiger partial charge on any atom is -0.362 e. The molecule has 0 spiro atoms. The minimum atomic E-state index is 0.209. The maximum Gasteiger partial charge on any atom is 0.129 e. The smallest absolute Gasteiger partial charge is 0.129 e. The van der Waals surface area contributed by atoms with Crippen molar-refractivity contribution in [1.82, 2.24) is 4.98 Å². The Kier molecular flexibility index (Phi) is 2.45. The first-order valence-electron chi connectivity index (χ1n) is 4.54. The Balaban J connectivity index is 2.16. The fraction of sp³-hybridized carbons (Fsp3) is 0.500. The molecule has 1 radical (unpaired) electrons. The molecular weight excluding hydrogens is 164 g/mol. The van der Waals surface area contributed by atoms with Gasteiger partial charge in [-0.05, 0) is 25.0 Å². The number of pyridine rings is 1. The van der Waals surface area contributed by atoms with Crippen LogP contribution in [0.3, 0.4) is 0 Å². The highest BCUT2D eigenvalue weighted by Crippen LogP contribution is 2.24. The quantitative estimate of drug-likeness (QED) is 0.683. The first kappa shape index (κ1) is 8.51. The van der Waals surface area contributed by atoms with Crippen molar-refractivity contribution in [1.29, 1.82) is 0 Å². The average molecular weight is 177 g/mol. The molecule has 13 heavy (non-hydrogen) atoms. The van der Waals surface area contributed by atoms with Gasteiger partial charge < -0.3 is 9.64 Å². The van der Waals surface area contributed by atoms with E-state index in [1.807, 2.05) is 12.1 Å². The Morgan fingerprint density at radius 2 is 2.62 bits per heavy atom. The second-order valence-electron chi connectivity index (χ2n) is 3.16. The van der Waals surface area contributed by atoms with E-state index in [1.165, 1.54) is 6.42 Å². The Hall–Kier alpha value is -1.09. The summed E-state index contributed by atoms with van der Waals surface area (Å²) in [6.07, 6.45) is 7.20. The summed E-state index contributed by atoms with van der Waals surface area (Å²) in [5.74, 6) is 0. The zero-order valence-corrected chi connectivity index (χ0v) is 7.73. The van der Waals surface area contributed by atoms with Crippen LogP contribution < -0.4 is 4.90 Å². The molecule has 0 aliphatic carbocycles. The topological polar surface area (TPSA) is 25.4 Å². The number of ether oxygens (including phenoxy) is 1. The fourth-order valence-electron chi connectivity index (χ4n) is 1.73. The first-order chi connectivity index (χ1) is 6.42. The van der Waals surface area contributed by atoms with Crippen molar-refractivity contribution in [2.75, 3.05) is 18.6 Å². The third-order valence-electron chi connectivity index (χ3n) is 2.37. The summed E-state index contributed by atoms with van der Waals surface area (Å²) < 4.78 is 5.36. The zero-order chi connectivity index (χ0) is 9.10. The maximum absolute atomic E-state index is 5.36. The van der Waals surface area contributed by atoms with E-state index >= 15 is 0 Å². The van der Waals surface area contributed by atoms with Gasteiger partial charge >= 0.3 is 0 Å². The third kappa shape index (κ3) is 1.65. The van der Waals surface area contributed by atoms with Crippen molar-refractivity contribution in [2.24, 2.45) is 0 Å². The van der Waals surface area contributed by atoms with Crippen LogP contribution in [0.5, 0.6) is 0 Å². The lowest BCUT2D eigenvalue weighted by molar-refractivity contribution is 0.111. The SMILES string of the molecule is COC1CCCN1c1[c]nccc1. The van der Waals surface area contributed by atoms with E-state index in [1.54, 1.807) is 13.3 Å². The van der Waals surface area contributed by atoms with Crippen molar-refractivity contribution in [3.05, 3.63) is 24.5 Å². The zero-order valence-electron chi connectivity index (χ0n) is 7.73. The fourth-order valence-corrected chi connectivity index (χ4v) is 1.73. The predicted octanol–water partition coefficient (Wildman–Crippen LogP) is 1.45. The van der Waals surface area contributed by atoms with Gasteiger partial charge in [-0.15, -0.1) is 0 Å². The van der Waals surface area contributed by atoms with Gasteiger partial charge in [-0.1, -0.05) is 0 Å². The summed E-state index contributed by atoms with van der Waals surface area (Å²) in [6, 6.07) is 3.95. The standard InChI is InChI=1S/C10H13N2O/c1-13-10-5-3-7-12(10)9-4-2-6-11-8-9/h2,4,6,10H,3,5,7H2,1H3. The van der Waals surface area contributed by atoms with E-state index in [9.17, 15) is 0 Å². The monoisotopic (exact) mass is 177 g/mol. The highest BCUT2D eigenvalue weighted by Gasteiger charge is 2.24. The van der Waals surface area contributed by atoms with Crippen LogP contribution >= 0.6 is 0 Å². The highest BCUT2D eigenvalue weighted by atomic mass is 16.5. The molecule has 3 nitrogen and oxygen atoms in total. The molecule has 1 unspecified atom stereocenters. The number of hydrogen-bond acceptors (Lipinski definition) is 3. The van der Waals surface area contributed by atoms with Crippen LogP contribution in [0.4, 0.5) is 5.69 Å². The number of anilines is 1. The van der Waals surface area contributed by atoms with Crippen LogP contribution in [-0.2, 0) is 4.74 Å². The molecule has 1 fully saturated rings. The number of hydrogen-bond donors (Lipinski definition) is 0. The Bertz CT molecular complexity index is 263. The van der Waals surface area contributed by atoms with Crippen molar-refractivity contribution >= 4 is 5.69 Å². The van der Waals surface area contributed by atoms with Gasteiger partial charge in [-0.3, -0.25) is 4.98 Å². The second-order valence-corrected chi connectivity index (χ2v) is 3.16. The van der Waals surface area contributed by atoms with Gasteiger partial charge in [0.05, 0.1) is 5.69 Å². The Morgan fingerprint density at radius 3 is 3.31 bits per heavy atom. The maximum atomic E-state index is 5.36. The van der Waals surface area contributed by atoms with Crippen LogP contribution in [-0.4, -0.2) is 24.9 Å². The first-order valence-corrected chi connectivity index (χ1v) is 4.54. The molecule has 1 aromatic heterocycles. The predicted molar refractivity (Wildman–Crippen MR) is 50.5 cm³/mol. The van der Waals surface area contributed by atoms with E-state index in [4.69, 9.17) is 4.74 Å². The molecule has 0 aromatic carbocycles. The molecule has 2 rings (SSSR count). The van der Waals surface area contributed by atoms with E-state index in [-0.39, 0.29) is 6.23 Å². The molecule has 1 atom stereocenters. The molecule has 1 saturated heterocycles. The Morgan fingerprint density at radius 1 is 1.69 bits per heavy atom. The summed E-state index contributed by atoms with van der Waals surface area (Å²) in [5, 5.41) is 0. The number of aromatic nitrogens is 1. The van der Waals surface area contributed by atoms with Gasteiger partial charge in [-0.25, -0.2) is 0 Å². The van der Waals surface area contributed by atoms with Crippen molar-refractivity contribution in [3.63, 3.8) is 0 Å². The summed E-state index contributed by atoms with van der Waals surface area (Å²) >= 11 is 0. The van der Waals surface area contributed by atoms with Gasteiger partial charge in [-0.2, -0.15) is 0 Å². The largest absolute Gasteiger partial charge is 0.362 e. The van der Waals surface area contributed by atoms with Gasteiger partial charge in [0, 0.05) is 19.9 Å². The summed E-state index contributed by atoms with van der Waals surface area (Å²) in [4.78, 5) is 6.18. The van der Waals surface area contributed by atoms with Gasteiger partial charge in [0.15, 0.2) is 0 Å². The third-order valence-corrected chi connectivity index (χ3v) is 2.37. The van der Waals surface area contributed by atoms with Crippen molar-refractivity contribution in [2.45, 2.75) is 19.1 Å². The summed E-state index contributed by atoms with van der Waals surface area (Å²) in [5.41, 5.74) is 1.03. The molecule has 0 saturated carbocycles. The van der Waals surface area contributed by atoms with Crippen LogP contribution in [0.2, 0.25) is 0 Å². The van der Waals surface area contributed by atoms with E-state index in [0.29, 0.717) is 0 Å². The number of methoxy groups -OCH3 is 1. The molecule has 0 amide bonds. The average Bonchev–Trinajstić information content (AvgIpc) is 2.67. The molecule has 1 aliphatic rings. The molecular formula is C10H13N2O. The summed E-state index contributed by atoms with van der Waals surface area (Å²) in [6.45, 7) is 1.04. The lowest BCUT2D eigenvalue weighted by atomic mass is 10.3. The number of rotatable bonds is 2. The lowest BCUT2D eigenvalue weighted by Crippen LogP contribution is -2.30. The molecule has 1 aliphatic heterocycles. The highest BCUT2D eigenvalue weighted by molar-refractivity contribution is 5.44. The second kappa shape index (κ2) is 3.75. The molecule has 3 heteroatoms. The molecule has 0 N–H and O–H groups in total. The molecule has 69 valence electrons. The van der Waals surface area contributed by atoms with Crippen LogP contribution in [0.15, 0.2) is 18.3 Å². The molecule has 0 bridgehead atoms. The lowest BCUT2D eigenvalue weighted by Gasteiger charge is -2.24. The normalized spacial score (nSPS) is 22.2. The van der Waals surface area contributed by atoms with Gasteiger partial charge in [0.2, 0.25) is 0 Å². The van der Waals surface area contributed by atoms with Gasteiger partial charge in [0.1, 0.15) is 12.4 Å². The number of nitrogens with zero attached hydrogens (tertiary/aromatic N) is 2. The minimum absolute atomic E-state index is 0.209. The molecule has 1 aromatic rings. The van der Waals surface area contributed by atoms with Crippen LogP contribution in [0.25, 0.3) is 0 Å². The van der Waals surface area contributed by atoms with Crippen LogP contribution in [0.1, 0.15) is 12.8 Å². The van der Waals surface area contributed by atoms with E-state index in [2.05, 4.69) is 16.1 Å². The Labute approximate surface area is 78.3 Å². The van der Waals surface area contributed by atoms with E-state index in [0.717, 1.165) is 18.7 Å². The van der Waals surface area contributed by atoms with Crippen molar-refractivity contribution < 1.29 is 4.74 Å². The van der Waals surface area contributed by atoms with Crippen molar-refractivity contribution in [3.8, 4) is 0 Å². The summed E-state index contributed by atoms with van der Waals surface area (Å²) in [7, 11) is 1.75. The molecule has 2 heterocycles. The van der Waals surface area contributed by atoms with E-state index < -0.39 is 0 Å². The van der Waals surface area contributed by atoms with Gasteiger partial charge in [0.25, 0.3) is 0 Å². The van der Waals surface area contributed by atoms with Crippen LogP contribution in [0, 0.1) is 6.20 Å².